The fraction of sp³-hybridized carbons (Fsp3) is 0.348. The number of piperazine rings is 1. The van der Waals surface area contributed by atoms with Crippen LogP contribution in [0.4, 0.5) is 5.69 Å². The van der Waals surface area contributed by atoms with Crippen LogP contribution in [0.1, 0.15) is 18.1 Å². The van der Waals surface area contributed by atoms with Crippen LogP contribution in [0.2, 0.25) is 0 Å². The Balaban J connectivity index is 1.55. The molecular weight excluding hydrogens is 352 g/mol. The summed E-state index contributed by atoms with van der Waals surface area (Å²) >= 11 is 0. The molecule has 28 heavy (non-hydrogen) atoms. The quantitative estimate of drug-likeness (QED) is 0.646. The lowest BCUT2D eigenvalue weighted by molar-refractivity contribution is 0.221. The molecule has 1 saturated heterocycles. The molecular formula is C23H26N2O3. The molecule has 5 nitrogen and oxygen atoms in total. The molecule has 1 aliphatic heterocycles. The smallest absolute Gasteiger partial charge is 0.336 e. The highest BCUT2D eigenvalue weighted by molar-refractivity contribution is 5.81. The van der Waals surface area contributed by atoms with Crippen LogP contribution >= 0.6 is 0 Å². The number of ether oxygens (including phenoxy) is 1. The van der Waals surface area contributed by atoms with E-state index in [4.69, 9.17) is 9.15 Å². The first-order valence-corrected chi connectivity index (χ1v) is 9.70. The SMILES string of the molecule is COc1ccc2oc(=O)cc(CN3CCN(c4cccc(C)c4)[C@H](C)C3)c2c1. The van der Waals surface area contributed by atoms with Gasteiger partial charge >= 0.3 is 5.63 Å². The number of nitrogens with zero attached hydrogens (tertiary/aromatic N) is 2. The predicted octanol–water partition coefficient (Wildman–Crippen LogP) is 3.82. The molecule has 4 rings (SSSR count). The first kappa shape index (κ1) is 18.6. The normalized spacial score (nSPS) is 17.8. The molecule has 1 atom stereocenters. The van der Waals surface area contributed by atoms with Crippen molar-refractivity contribution in [1.29, 1.82) is 0 Å². The number of anilines is 1. The zero-order valence-electron chi connectivity index (χ0n) is 16.6. The van der Waals surface area contributed by atoms with E-state index in [0.717, 1.165) is 42.9 Å². The van der Waals surface area contributed by atoms with Gasteiger partial charge in [-0.15, -0.1) is 0 Å². The number of aryl methyl sites for hydroxylation is 1. The van der Waals surface area contributed by atoms with E-state index >= 15 is 0 Å². The molecule has 0 aliphatic carbocycles. The second-order valence-corrected chi connectivity index (χ2v) is 7.57. The van der Waals surface area contributed by atoms with Crippen LogP contribution in [0, 0.1) is 6.92 Å². The van der Waals surface area contributed by atoms with Gasteiger partial charge in [-0.2, -0.15) is 0 Å². The van der Waals surface area contributed by atoms with Crippen LogP contribution in [-0.2, 0) is 6.54 Å². The van der Waals surface area contributed by atoms with Crippen LogP contribution in [-0.4, -0.2) is 37.7 Å². The summed E-state index contributed by atoms with van der Waals surface area (Å²) in [6, 6.07) is 16.2. The molecule has 0 saturated carbocycles. The van der Waals surface area contributed by atoms with E-state index in [1.807, 2.05) is 12.1 Å². The van der Waals surface area contributed by atoms with Gasteiger partial charge in [0.15, 0.2) is 0 Å². The topological polar surface area (TPSA) is 45.9 Å². The third-order valence-corrected chi connectivity index (χ3v) is 5.47. The Morgan fingerprint density at radius 3 is 2.75 bits per heavy atom. The second kappa shape index (κ2) is 7.68. The van der Waals surface area contributed by atoms with E-state index in [-0.39, 0.29) is 5.63 Å². The number of hydrogen-bond donors (Lipinski definition) is 0. The molecule has 0 radical (unpaired) electrons. The van der Waals surface area contributed by atoms with Gasteiger partial charge in [0.25, 0.3) is 0 Å². The third kappa shape index (κ3) is 3.76. The number of rotatable bonds is 4. The predicted molar refractivity (Wildman–Crippen MR) is 112 cm³/mol. The molecule has 0 unspecified atom stereocenters. The van der Waals surface area contributed by atoms with E-state index in [0.29, 0.717) is 11.6 Å². The molecule has 2 heterocycles. The highest BCUT2D eigenvalue weighted by atomic mass is 16.5. The van der Waals surface area contributed by atoms with Gasteiger partial charge in [0.05, 0.1) is 7.11 Å². The minimum atomic E-state index is -0.306. The summed E-state index contributed by atoms with van der Waals surface area (Å²) in [6.45, 7) is 7.97. The minimum Gasteiger partial charge on any atom is -0.497 e. The van der Waals surface area contributed by atoms with E-state index in [2.05, 4.69) is 47.9 Å². The van der Waals surface area contributed by atoms with E-state index < -0.39 is 0 Å². The average Bonchev–Trinajstić information content (AvgIpc) is 2.67. The summed E-state index contributed by atoms with van der Waals surface area (Å²) < 4.78 is 10.7. The van der Waals surface area contributed by atoms with Gasteiger partial charge in [0.1, 0.15) is 11.3 Å². The lowest BCUT2D eigenvalue weighted by Gasteiger charge is -2.41. The summed E-state index contributed by atoms with van der Waals surface area (Å²) in [5.74, 6) is 0.764. The summed E-state index contributed by atoms with van der Waals surface area (Å²) in [5.41, 5.74) is 3.85. The Morgan fingerprint density at radius 2 is 2.00 bits per heavy atom. The first-order chi connectivity index (χ1) is 13.5. The summed E-state index contributed by atoms with van der Waals surface area (Å²) in [6.07, 6.45) is 0. The molecule has 1 aromatic heterocycles. The molecule has 0 bridgehead atoms. The lowest BCUT2D eigenvalue weighted by Crippen LogP contribution is -2.51. The molecule has 1 fully saturated rings. The molecule has 5 heteroatoms. The molecule has 3 aromatic rings. The van der Waals surface area contributed by atoms with Crippen molar-refractivity contribution in [2.75, 3.05) is 31.6 Å². The Kier molecular flexibility index (Phi) is 5.09. The Labute approximate surface area is 165 Å². The van der Waals surface area contributed by atoms with Crippen LogP contribution in [0.25, 0.3) is 11.0 Å². The number of hydrogen-bond acceptors (Lipinski definition) is 5. The van der Waals surface area contributed by atoms with Crippen LogP contribution in [0.3, 0.4) is 0 Å². The van der Waals surface area contributed by atoms with Crippen molar-refractivity contribution < 1.29 is 9.15 Å². The Morgan fingerprint density at radius 1 is 1.14 bits per heavy atom. The van der Waals surface area contributed by atoms with Crippen molar-refractivity contribution in [2.24, 2.45) is 0 Å². The number of methoxy groups -OCH3 is 1. The summed E-state index contributed by atoms with van der Waals surface area (Å²) in [7, 11) is 1.64. The average molecular weight is 378 g/mol. The van der Waals surface area contributed by atoms with Crippen molar-refractivity contribution in [3.63, 3.8) is 0 Å². The minimum absolute atomic E-state index is 0.306. The maximum Gasteiger partial charge on any atom is 0.336 e. The summed E-state index contributed by atoms with van der Waals surface area (Å²) in [4.78, 5) is 16.9. The van der Waals surface area contributed by atoms with Crippen LogP contribution < -0.4 is 15.3 Å². The second-order valence-electron chi connectivity index (χ2n) is 7.57. The van der Waals surface area contributed by atoms with Gasteiger partial charge in [-0.05, 0) is 55.3 Å². The highest BCUT2D eigenvalue weighted by Crippen LogP contribution is 2.26. The zero-order valence-corrected chi connectivity index (χ0v) is 16.6. The Hall–Kier alpha value is -2.79. The van der Waals surface area contributed by atoms with Crippen LogP contribution in [0.5, 0.6) is 5.75 Å². The van der Waals surface area contributed by atoms with Gasteiger partial charge in [-0.25, -0.2) is 4.79 Å². The van der Waals surface area contributed by atoms with Crippen molar-refractivity contribution in [3.8, 4) is 5.75 Å². The third-order valence-electron chi connectivity index (χ3n) is 5.47. The lowest BCUT2D eigenvalue weighted by atomic mass is 10.1. The zero-order chi connectivity index (χ0) is 19.7. The van der Waals surface area contributed by atoms with Gasteiger partial charge in [-0.3, -0.25) is 4.90 Å². The standard InChI is InChI=1S/C23H26N2O3/c1-16-5-4-6-19(11-16)25-10-9-24(14-17(25)2)15-18-12-23(26)28-22-8-7-20(27-3)13-21(18)22/h4-8,11-13,17H,9-10,14-15H2,1-3H3/t17-/m1/s1. The maximum absolute atomic E-state index is 12.0. The molecule has 1 aliphatic rings. The summed E-state index contributed by atoms with van der Waals surface area (Å²) in [5, 5.41) is 0.938. The van der Waals surface area contributed by atoms with Crippen molar-refractivity contribution in [1.82, 2.24) is 4.90 Å². The van der Waals surface area contributed by atoms with Crippen molar-refractivity contribution >= 4 is 16.7 Å². The van der Waals surface area contributed by atoms with E-state index in [1.165, 1.54) is 11.3 Å². The molecule has 2 aromatic carbocycles. The van der Waals surface area contributed by atoms with Crippen LogP contribution in [0.15, 0.2) is 57.7 Å². The fourth-order valence-electron chi connectivity index (χ4n) is 4.07. The Bertz CT molecular complexity index is 1040. The highest BCUT2D eigenvalue weighted by Gasteiger charge is 2.24. The molecule has 0 N–H and O–H groups in total. The number of fused-ring (bicyclic) bond motifs is 1. The fourth-order valence-corrected chi connectivity index (χ4v) is 4.07. The van der Waals surface area contributed by atoms with Gasteiger partial charge in [-0.1, -0.05) is 12.1 Å². The van der Waals surface area contributed by atoms with Crippen molar-refractivity contribution in [2.45, 2.75) is 26.4 Å². The first-order valence-electron chi connectivity index (χ1n) is 9.70. The van der Waals surface area contributed by atoms with Crippen molar-refractivity contribution in [3.05, 3.63) is 70.1 Å². The van der Waals surface area contributed by atoms with Gasteiger partial charge < -0.3 is 14.1 Å². The molecule has 0 spiro atoms. The van der Waals surface area contributed by atoms with Gasteiger partial charge in [0.2, 0.25) is 0 Å². The van der Waals surface area contributed by atoms with Gasteiger partial charge in [0, 0.05) is 49.4 Å². The molecule has 146 valence electrons. The largest absolute Gasteiger partial charge is 0.497 e. The number of benzene rings is 2. The van der Waals surface area contributed by atoms with E-state index in [9.17, 15) is 4.79 Å². The maximum atomic E-state index is 12.0. The molecule has 0 amide bonds. The van der Waals surface area contributed by atoms with E-state index in [1.54, 1.807) is 19.2 Å². The monoisotopic (exact) mass is 378 g/mol.